The number of esters is 1. The van der Waals surface area contributed by atoms with E-state index >= 15 is 0 Å². The summed E-state index contributed by atoms with van der Waals surface area (Å²) in [6.07, 6.45) is 1.65. The van der Waals surface area contributed by atoms with E-state index in [4.69, 9.17) is 4.74 Å². The van der Waals surface area contributed by atoms with Crippen LogP contribution in [-0.4, -0.2) is 47.8 Å². The maximum absolute atomic E-state index is 14.5. The van der Waals surface area contributed by atoms with Crippen LogP contribution < -0.4 is 5.56 Å². The van der Waals surface area contributed by atoms with Gasteiger partial charge in [-0.1, -0.05) is 13.8 Å². The van der Waals surface area contributed by atoms with E-state index in [2.05, 4.69) is 0 Å². The van der Waals surface area contributed by atoms with Crippen molar-refractivity contribution >= 4 is 5.97 Å². The normalized spacial score (nSPS) is 16.6. The third-order valence-corrected chi connectivity index (χ3v) is 4.73. The second-order valence-electron chi connectivity index (χ2n) is 7.31. The summed E-state index contributed by atoms with van der Waals surface area (Å²) in [4.78, 5) is 26.7. The fourth-order valence-electron chi connectivity index (χ4n) is 3.20. The number of carbonyl (C=O) groups excluding carboxylic acids is 1. The Morgan fingerprint density at radius 2 is 2.04 bits per heavy atom. The van der Waals surface area contributed by atoms with E-state index in [0.717, 1.165) is 0 Å². The molecular formula is C19H28F2N2O3. The van der Waals surface area contributed by atoms with E-state index in [1.807, 2.05) is 18.7 Å². The summed E-state index contributed by atoms with van der Waals surface area (Å²) in [5, 5.41) is 0. The number of rotatable bonds is 8. The summed E-state index contributed by atoms with van der Waals surface area (Å²) < 4.78 is 33.7. The van der Waals surface area contributed by atoms with Gasteiger partial charge in [-0.05, 0) is 43.7 Å². The topological polar surface area (TPSA) is 51.5 Å². The number of halogens is 2. The minimum absolute atomic E-state index is 0.131. The Morgan fingerprint density at radius 3 is 2.58 bits per heavy atom. The number of aromatic nitrogens is 1. The van der Waals surface area contributed by atoms with Crippen LogP contribution in [0.3, 0.4) is 0 Å². The highest BCUT2D eigenvalue weighted by molar-refractivity contribution is 5.74. The van der Waals surface area contributed by atoms with Crippen molar-refractivity contribution in [3.05, 3.63) is 33.5 Å². The molecule has 0 aromatic carbocycles. The molecule has 2 rings (SSSR count). The first kappa shape index (κ1) is 20.6. The van der Waals surface area contributed by atoms with Gasteiger partial charge in [-0.3, -0.25) is 14.3 Å². The molecule has 1 aliphatic heterocycles. The first-order valence-electron chi connectivity index (χ1n) is 9.17. The molecule has 1 aliphatic rings. The number of ether oxygens (including phenoxy) is 1. The molecule has 26 heavy (non-hydrogen) atoms. The number of likely N-dealkylation sites (tertiary alicyclic amines) is 1. The van der Waals surface area contributed by atoms with Gasteiger partial charge in [0, 0.05) is 25.8 Å². The van der Waals surface area contributed by atoms with Crippen LogP contribution in [0.1, 0.15) is 44.4 Å². The smallest absolute Gasteiger partial charge is 0.329 e. The van der Waals surface area contributed by atoms with Crippen molar-refractivity contribution < 1.29 is 18.3 Å². The molecular weight excluding hydrogens is 342 g/mol. The molecule has 1 fully saturated rings. The lowest BCUT2D eigenvalue weighted by Gasteiger charge is -2.34. The van der Waals surface area contributed by atoms with Gasteiger partial charge in [0.25, 0.3) is 5.56 Å². The highest BCUT2D eigenvalue weighted by Gasteiger charge is 2.28. The molecule has 1 aromatic rings. The molecule has 1 aromatic heterocycles. The third kappa shape index (κ3) is 4.69. The van der Waals surface area contributed by atoms with Gasteiger partial charge in [0.05, 0.1) is 6.61 Å². The Balaban J connectivity index is 2.32. The molecule has 0 aliphatic carbocycles. The number of hydrogen-bond donors (Lipinski definition) is 0. The van der Waals surface area contributed by atoms with E-state index in [0.29, 0.717) is 38.0 Å². The van der Waals surface area contributed by atoms with Gasteiger partial charge in [0.15, 0.2) is 5.82 Å². The molecule has 7 heteroatoms. The Bertz CT molecular complexity index is 697. The van der Waals surface area contributed by atoms with Crippen LogP contribution in [0.5, 0.6) is 0 Å². The Kier molecular flexibility index (Phi) is 6.92. The van der Waals surface area contributed by atoms with Gasteiger partial charge in [0.2, 0.25) is 0 Å². The van der Waals surface area contributed by atoms with E-state index in [-0.39, 0.29) is 18.1 Å². The standard InChI is InChI=1S/C19H28F2N2O3/c1-5-26-19(25)16(8-12(2)3)23-9-14(13(4)17(21)18(23)24)6-7-22-10-15(20)11-22/h9,12,15-16H,5-8,10-11H2,1-4H3. The molecule has 0 bridgehead atoms. The minimum Gasteiger partial charge on any atom is -0.464 e. The SMILES string of the molecule is CCOC(=O)C(CC(C)C)n1cc(CCN2CC(F)C2)c(C)c(F)c1=O. The van der Waals surface area contributed by atoms with Crippen molar-refractivity contribution in [2.75, 3.05) is 26.2 Å². The fraction of sp³-hybridized carbons (Fsp3) is 0.684. The van der Waals surface area contributed by atoms with Crippen molar-refractivity contribution in [3.63, 3.8) is 0 Å². The summed E-state index contributed by atoms with van der Waals surface area (Å²) in [7, 11) is 0. The minimum atomic E-state index is -0.851. The lowest BCUT2D eigenvalue weighted by molar-refractivity contribution is -0.147. The number of nitrogens with zero attached hydrogens (tertiary/aromatic N) is 2. The molecule has 146 valence electrons. The van der Waals surface area contributed by atoms with Crippen LogP contribution in [0.2, 0.25) is 0 Å². The summed E-state index contributed by atoms with van der Waals surface area (Å²) in [5.41, 5.74) is 0.135. The summed E-state index contributed by atoms with van der Waals surface area (Å²) in [6.45, 7) is 8.68. The zero-order valence-corrected chi connectivity index (χ0v) is 15.9. The van der Waals surface area contributed by atoms with Crippen LogP contribution in [0.4, 0.5) is 8.78 Å². The van der Waals surface area contributed by atoms with Gasteiger partial charge in [0.1, 0.15) is 12.2 Å². The average Bonchev–Trinajstić information content (AvgIpc) is 2.55. The van der Waals surface area contributed by atoms with Crippen molar-refractivity contribution in [2.24, 2.45) is 5.92 Å². The molecule has 1 unspecified atom stereocenters. The number of carbonyl (C=O) groups is 1. The van der Waals surface area contributed by atoms with Gasteiger partial charge in [-0.25, -0.2) is 13.6 Å². The molecule has 2 heterocycles. The van der Waals surface area contributed by atoms with Crippen LogP contribution in [0.15, 0.2) is 11.0 Å². The molecule has 0 radical (unpaired) electrons. The quantitative estimate of drug-likeness (QED) is 0.660. The van der Waals surface area contributed by atoms with Gasteiger partial charge in [-0.2, -0.15) is 0 Å². The van der Waals surface area contributed by atoms with Crippen LogP contribution in [-0.2, 0) is 16.0 Å². The van der Waals surface area contributed by atoms with Crippen LogP contribution in [0, 0.1) is 18.7 Å². The van der Waals surface area contributed by atoms with E-state index in [1.165, 1.54) is 4.57 Å². The number of alkyl halides is 1. The molecule has 0 spiro atoms. The second kappa shape index (κ2) is 8.75. The average molecular weight is 370 g/mol. The predicted octanol–water partition coefficient (Wildman–Crippen LogP) is 2.64. The summed E-state index contributed by atoms with van der Waals surface area (Å²) >= 11 is 0. The zero-order chi connectivity index (χ0) is 19.4. The molecule has 5 nitrogen and oxygen atoms in total. The molecule has 0 N–H and O–H groups in total. The van der Waals surface area contributed by atoms with E-state index in [9.17, 15) is 18.4 Å². The Labute approximate surface area is 152 Å². The molecule has 1 saturated heterocycles. The highest BCUT2D eigenvalue weighted by Crippen LogP contribution is 2.21. The van der Waals surface area contributed by atoms with Crippen LogP contribution >= 0.6 is 0 Å². The monoisotopic (exact) mass is 370 g/mol. The number of hydrogen-bond acceptors (Lipinski definition) is 4. The van der Waals surface area contributed by atoms with Gasteiger partial charge < -0.3 is 4.74 Å². The zero-order valence-electron chi connectivity index (χ0n) is 15.9. The lowest BCUT2D eigenvalue weighted by atomic mass is 10.0. The Hall–Kier alpha value is -1.76. The predicted molar refractivity (Wildman–Crippen MR) is 95.6 cm³/mol. The lowest BCUT2D eigenvalue weighted by Crippen LogP contribution is -2.49. The maximum Gasteiger partial charge on any atom is 0.329 e. The highest BCUT2D eigenvalue weighted by atomic mass is 19.1. The summed E-state index contributed by atoms with van der Waals surface area (Å²) in [6, 6.07) is -0.851. The largest absolute Gasteiger partial charge is 0.464 e. The fourth-order valence-corrected chi connectivity index (χ4v) is 3.20. The number of pyridine rings is 1. The van der Waals surface area contributed by atoms with E-state index in [1.54, 1.807) is 20.0 Å². The van der Waals surface area contributed by atoms with Gasteiger partial charge >= 0.3 is 5.97 Å². The Morgan fingerprint density at radius 1 is 1.38 bits per heavy atom. The molecule has 0 saturated carbocycles. The first-order valence-corrected chi connectivity index (χ1v) is 9.17. The maximum atomic E-state index is 14.5. The molecule has 0 amide bonds. The summed E-state index contributed by atoms with van der Waals surface area (Å²) in [5.74, 6) is -1.24. The van der Waals surface area contributed by atoms with Crippen molar-refractivity contribution in [3.8, 4) is 0 Å². The first-order chi connectivity index (χ1) is 12.2. The van der Waals surface area contributed by atoms with Crippen molar-refractivity contribution in [1.29, 1.82) is 0 Å². The van der Waals surface area contributed by atoms with Crippen molar-refractivity contribution in [2.45, 2.75) is 52.8 Å². The second-order valence-corrected chi connectivity index (χ2v) is 7.31. The van der Waals surface area contributed by atoms with Crippen LogP contribution in [0.25, 0.3) is 0 Å². The van der Waals surface area contributed by atoms with E-state index < -0.39 is 29.6 Å². The third-order valence-electron chi connectivity index (χ3n) is 4.73. The molecule has 1 atom stereocenters. The van der Waals surface area contributed by atoms with Gasteiger partial charge in [-0.15, -0.1) is 0 Å². The van der Waals surface area contributed by atoms with Crippen molar-refractivity contribution in [1.82, 2.24) is 9.47 Å².